The molecule has 1 aliphatic heterocycles. The third kappa shape index (κ3) is 4.39. The number of nitrogens with two attached hydrogens (primary N) is 1. The van der Waals surface area contributed by atoms with Gasteiger partial charge in [0.1, 0.15) is 5.75 Å². The number of ether oxygens (including phenoxy) is 1. The van der Waals surface area contributed by atoms with E-state index in [0.717, 1.165) is 37.2 Å². The van der Waals surface area contributed by atoms with Gasteiger partial charge in [-0.15, -0.1) is 12.4 Å². The first-order chi connectivity index (χ1) is 9.22. The summed E-state index contributed by atoms with van der Waals surface area (Å²) in [7, 11) is 1.64. The minimum atomic E-state index is 0. The summed E-state index contributed by atoms with van der Waals surface area (Å²) in [5, 5.41) is 0. The SMILES string of the molecule is COc1cccc(CC(=O)N2CCCC(CN)C2)c1.Cl. The van der Waals surface area contributed by atoms with Crippen LogP contribution in [0.4, 0.5) is 0 Å². The number of carbonyl (C=O) groups excluding carboxylic acids is 1. The molecule has 0 aliphatic carbocycles. The Morgan fingerprint density at radius 2 is 2.30 bits per heavy atom. The Bertz CT molecular complexity index is 440. The number of amides is 1. The van der Waals surface area contributed by atoms with Crippen LogP contribution in [0, 0.1) is 5.92 Å². The second-order valence-corrected chi connectivity index (χ2v) is 5.11. The molecule has 20 heavy (non-hydrogen) atoms. The van der Waals surface area contributed by atoms with E-state index < -0.39 is 0 Å². The van der Waals surface area contributed by atoms with Crippen LogP contribution in [0.15, 0.2) is 24.3 Å². The molecular formula is C15H23ClN2O2. The van der Waals surface area contributed by atoms with Crippen molar-refractivity contribution in [3.8, 4) is 5.75 Å². The highest BCUT2D eigenvalue weighted by Gasteiger charge is 2.22. The molecule has 1 amide bonds. The van der Waals surface area contributed by atoms with Crippen LogP contribution in [0.25, 0.3) is 0 Å². The molecule has 2 N–H and O–H groups in total. The zero-order valence-corrected chi connectivity index (χ0v) is 12.7. The minimum Gasteiger partial charge on any atom is -0.497 e. The van der Waals surface area contributed by atoms with Crippen molar-refractivity contribution < 1.29 is 9.53 Å². The molecule has 1 saturated heterocycles. The van der Waals surface area contributed by atoms with Crippen molar-refractivity contribution in [1.29, 1.82) is 0 Å². The summed E-state index contributed by atoms with van der Waals surface area (Å²) >= 11 is 0. The maximum atomic E-state index is 12.3. The summed E-state index contributed by atoms with van der Waals surface area (Å²) in [5.41, 5.74) is 6.70. The highest BCUT2D eigenvalue weighted by molar-refractivity contribution is 5.85. The van der Waals surface area contributed by atoms with E-state index >= 15 is 0 Å². The first kappa shape index (κ1) is 16.8. The van der Waals surface area contributed by atoms with Gasteiger partial charge in [0.05, 0.1) is 13.5 Å². The van der Waals surface area contributed by atoms with Crippen molar-refractivity contribution in [3.05, 3.63) is 29.8 Å². The monoisotopic (exact) mass is 298 g/mol. The van der Waals surface area contributed by atoms with Gasteiger partial charge in [-0.05, 0) is 43.0 Å². The molecule has 1 aliphatic rings. The second-order valence-electron chi connectivity index (χ2n) is 5.11. The maximum absolute atomic E-state index is 12.3. The predicted octanol–water partition coefficient (Wildman–Crippen LogP) is 1.86. The van der Waals surface area contributed by atoms with Gasteiger partial charge in [0, 0.05) is 13.1 Å². The van der Waals surface area contributed by atoms with Crippen LogP contribution >= 0.6 is 12.4 Å². The lowest BCUT2D eigenvalue weighted by Crippen LogP contribution is -2.42. The second kappa shape index (κ2) is 8.12. The molecule has 0 aromatic heterocycles. The van der Waals surface area contributed by atoms with E-state index in [2.05, 4.69) is 0 Å². The Morgan fingerprint density at radius 1 is 1.50 bits per heavy atom. The third-order valence-corrected chi connectivity index (χ3v) is 3.69. The number of carbonyl (C=O) groups is 1. The standard InChI is InChI=1S/C15H22N2O2.ClH/c1-19-14-6-2-4-12(8-14)9-15(18)17-7-3-5-13(10-16)11-17;/h2,4,6,8,13H,3,5,7,9-11,16H2,1H3;1H. The zero-order valence-electron chi connectivity index (χ0n) is 11.9. The van der Waals surface area contributed by atoms with E-state index in [1.165, 1.54) is 0 Å². The number of likely N-dealkylation sites (tertiary alicyclic amines) is 1. The fourth-order valence-electron chi connectivity index (χ4n) is 2.55. The van der Waals surface area contributed by atoms with Crippen LogP contribution in [0.5, 0.6) is 5.75 Å². The van der Waals surface area contributed by atoms with Gasteiger partial charge in [0.25, 0.3) is 0 Å². The normalized spacial score (nSPS) is 18.3. The Hall–Kier alpha value is -1.26. The van der Waals surface area contributed by atoms with Gasteiger partial charge in [-0.3, -0.25) is 4.79 Å². The van der Waals surface area contributed by atoms with Crippen molar-refractivity contribution >= 4 is 18.3 Å². The van der Waals surface area contributed by atoms with Crippen LogP contribution in [-0.2, 0) is 11.2 Å². The van der Waals surface area contributed by atoms with E-state index in [4.69, 9.17) is 10.5 Å². The Labute approximate surface area is 126 Å². The van der Waals surface area contributed by atoms with E-state index in [1.54, 1.807) is 7.11 Å². The van der Waals surface area contributed by atoms with Crippen molar-refractivity contribution in [2.45, 2.75) is 19.3 Å². The van der Waals surface area contributed by atoms with E-state index in [9.17, 15) is 4.79 Å². The molecule has 1 atom stereocenters. The van der Waals surface area contributed by atoms with E-state index in [1.807, 2.05) is 29.2 Å². The number of piperidine rings is 1. The molecule has 2 rings (SSSR count). The number of halogens is 1. The predicted molar refractivity (Wildman–Crippen MR) is 82.3 cm³/mol. The van der Waals surface area contributed by atoms with E-state index in [-0.39, 0.29) is 18.3 Å². The molecule has 1 heterocycles. The van der Waals surface area contributed by atoms with Gasteiger partial charge in [-0.1, -0.05) is 12.1 Å². The Morgan fingerprint density at radius 3 is 3.00 bits per heavy atom. The molecule has 1 aromatic rings. The maximum Gasteiger partial charge on any atom is 0.227 e. The number of nitrogens with zero attached hydrogens (tertiary/aromatic N) is 1. The summed E-state index contributed by atoms with van der Waals surface area (Å²) in [5.74, 6) is 1.44. The molecule has 0 bridgehead atoms. The lowest BCUT2D eigenvalue weighted by atomic mass is 9.97. The molecule has 1 fully saturated rings. The number of hydrogen-bond donors (Lipinski definition) is 1. The molecule has 0 saturated carbocycles. The molecule has 1 aromatic carbocycles. The zero-order chi connectivity index (χ0) is 13.7. The summed E-state index contributed by atoms with van der Waals surface area (Å²) < 4.78 is 5.17. The lowest BCUT2D eigenvalue weighted by molar-refractivity contribution is -0.132. The number of hydrogen-bond acceptors (Lipinski definition) is 3. The number of methoxy groups -OCH3 is 1. The van der Waals surface area contributed by atoms with Crippen LogP contribution in [0.2, 0.25) is 0 Å². The highest BCUT2D eigenvalue weighted by Crippen LogP contribution is 2.18. The minimum absolute atomic E-state index is 0. The fraction of sp³-hybridized carbons (Fsp3) is 0.533. The summed E-state index contributed by atoms with van der Waals surface area (Å²) in [6.07, 6.45) is 2.64. The van der Waals surface area contributed by atoms with Crippen molar-refractivity contribution in [2.75, 3.05) is 26.7 Å². The topological polar surface area (TPSA) is 55.6 Å². The molecule has 0 spiro atoms. The molecule has 112 valence electrons. The van der Waals surface area contributed by atoms with E-state index in [0.29, 0.717) is 18.9 Å². The number of benzene rings is 1. The number of rotatable bonds is 4. The molecular weight excluding hydrogens is 276 g/mol. The Balaban J connectivity index is 0.00000200. The molecule has 5 heteroatoms. The quantitative estimate of drug-likeness (QED) is 0.923. The third-order valence-electron chi connectivity index (χ3n) is 3.69. The average Bonchev–Trinajstić information content (AvgIpc) is 2.47. The largest absolute Gasteiger partial charge is 0.497 e. The van der Waals surface area contributed by atoms with Gasteiger partial charge in [-0.2, -0.15) is 0 Å². The fourth-order valence-corrected chi connectivity index (χ4v) is 2.55. The Kier molecular flexibility index (Phi) is 6.82. The summed E-state index contributed by atoms with van der Waals surface area (Å²) in [4.78, 5) is 14.2. The average molecular weight is 299 g/mol. The van der Waals surface area contributed by atoms with Crippen molar-refractivity contribution in [1.82, 2.24) is 4.90 Å². The smallest absolute Gasteiger partial charge is 0.227 e. The van der Waals surface area contributed by atoms with Crippen LogP contribution in [-0.4, -0.2) is 37.6 Å². The first-order valence-corrected chi connectivity index (χ1v) is 6.83. The summed E-state index contributed by atoms with van der Waals surface area (Å²) in [6, 6.07) is 7.69. The van der Waals surface area contributed by atoms with Gasteiger partial charge in [-0.25, -0.2) is 0 Å². The highest BCUT2D eigenvalue weighted by atomic mass is 35.5. The first-order valence-electron chi connectivity index (χ1n) is 6.83. The van der Waals surface area contributed by atoms with Crippen LogP contribution in [0.3, 0.4) is 0 Å². The lowest BCUT2D eigenvalue weighted by Gasteiger charge is -2.32. The van der Waals surface area contributed by atoms with Gasteiger partial charge < -0.3 is 15.4 Å². The van der Waals surface area contributed by atoms with Gasteiger partial charge >= 0.3 is 0 Å². The van der Waals surface area contributed by atoms with Crippen molar-refractivity contribution in [2.24, 2.45) is 11.7 Å². The van der Waals surface area contributed by atoms with Crippen LogP contribution in [0.1, 0.15) is 18.4 Å². The van der Waals surface area contributed by atoms with Crippen LogP contribution < -0.4 is 10.5 Å². The van der Waals surface area contributed by atoms with Gasteiger partial charge in [0.15, 0.2) is 0 Å². The van der Waals surface area contributed by atoms with Crippen molar-refractivity contribution in [3.63, 3.8) is 0 Å². The van der Waals surface area contributed by atoms with Gasteiger partial charge in [0.2, 0.25) is 5.91 Å². The molecule has 4 nitrogen and oxygen atoms in total. The molecule has 1 unspecified atom stereocenters. The molecule has 0 radical (unpaired) electrons. The summed E-state index contributed by atoms with van der Waals surface area (Å²) in [6.45, 7) is 2.33.